The summed E-state index contributed by atoms with van der Waals surface area (Å²) in [7, 11) is 0. The number of carbonyl (C=O) groups is 1. The molecule has 0 amide bonds. The molecule has 1 atom stereocenters. The van der Waals surface area contributed by atoms with E-state index in [1.165, 1.54) is 64.2 Å². The zero-order valence-electron chi connectivity index (χ0n) is 21.5. The molecule has 0 aliphatic rings. The van der Waals surface area contributed by atoms with E-state index in [1.807, 2.05) is 6.92 Å². The summed E-state index contributed by atoms with van der Waals surface area (Å²) in [6, 6.07) is 0. The number of unbranched alkanes of at least 4 members (excludes halogenated alkanes) is 12. The van der Waals surface area contributed by atoms with Crippen molar-refractivity contribution in [2.45, 2.75) is 149 Å². The minimum absolute atomic E-state index is 0.183. The third kappa shape index (κ3) is 10.4. The van der Waals surface area contributed by atoms with Crippen LogP contribution in [0.25, 0.3) is 0 Å². The van der Waals surface area contributed by atoms with Crippen LogP contribution in [0.1, 0.15) is 143 Å². The van der Waals surface area contributed by atoms with Gasteiger partial charge in [-0.1, -0.05) is 111 Å². The molecule has 1 aromatic heterocycles. The van der Waals surface area contributed by atoms with Gasteiger partial charge in [-0.15, -0.1) is 15.0 Å². The Hall–Kier alpha value is -1.46. The molecule has 6 nitrogen and oxygen atoms in total. The normalized spacial score (nSPS) is 13.2. The van der Waals surface area contributed by atoms with Gasteiger partial charge in [0, 0.05) is 6.42 Å². The Balaban J connectivity index is 2.83. The van der Waals surface area contributed by atoms with E-state index in [0.717, 1.165) is 57.2 Å². The highest BCUT2D eigenvalue weighted by Crippen LogP contribution is 2.31. The highest BCUT2D eigenvalue weighted by molar-refractivity contribution is 5.78. The minimum atomic E-state index is -0.817. The summed E-state index contributed by atoms with van der Waals surface area (Å²) in [5.41, 5.74) is -0.817. The van der Waals surface area contributed by atoms with Crippen molar-refractivity contribution in [1.82, 2.24) is 20.2 Å². The summed E-state index contributed by atoms with van der Waals surface area (Å²) in [6.45, 7) is 8.85. The first kappa shape index (κ1) is 28.6. The number of carbonyl (C=O) groups excluding carboxylic acids is 1. The largest absolute Gasteiger partial charge is 0.464 e. The molecule has 0 bridgehead atoms. The van der Waals surface area contributed by atoms with Crippen LogP contribution in [0.2, 0.25) is 0 Å². The van der Waals surface area contributed by atoms with Crippen molar-refractivity contribution in [1.29, 1.82) is 0 Å². The van der Waals surface area contributed by atoms with Crippen molar-refractivity contribution < 1.29 is 9.53 Å². The van der Waals surface area contributed by atoms with Gasteiger partial charge in [-0.25, -0.2) is 4.79 Å². The topological polar surface area (TPSA) is 69.9 Å². The second-order valence-corrected chi connectivity index (χ2v) is 9.24. The maximum absolute atomic E-state index is 13.3. The summed E-state index contributed by atoms with van der Waals surface area (Å²) in [6.07, 6.45) is 20.3. The monoisotopic (exact) mass is 450 g/mol. The summed E-state index contributed by atoms with van der Waals surface area (Å²) in [4.78, 5) is 14.9. The molecule has 0 aromatic carbocycles. The summed E-state index contributed by atoms with van der Waals surface area (Å²) >= 11 is 0. The molecule has 0 saturated carbocycles. The molecule has 186 valence electrons. The van der Waals surface area contributed by atoms with Crippen molar-refractivity contribution in [3.63, 3.8) is 0 Å². The van der Waals surface area contributed by atoms with Crippen molar-refractivity contribution in [3.05, 3.63) is 5.82 Å². The van der Waals surface area contributed by atoms with E-state index in [9.17, 15) is 4.79 Å². The van der Waals surface area contributed by atoms with Gasteiger partial charge in [0.2, 0.25) is 0 Å². The van der Waals surface area contributed by atoms with E-state index in [4.69, 9.17) is 4.74 Å². The first-order valence-electron chi connectivity index (χ1n) is 13.6. The average molecular weight is 451 g/mol. The van der Waals surface area contributed by atoms with E-state index in [1.54, 1.807) is 4.80 Å². The van der Waals surface area contributed by atoms with Gasteiger partial charge in [0.25, 0.3) is 0 Å². The number of aromatic nitrogens is 4. The second-order valence-electron chi connectivity index (χ2n) is 9.24. The zero-order chi connectivity index (χ0) is 23.5. The predicted molar refractivity (Wildman–Crippen MR) is 132 cm³/mol. The van der Waals surface area contributed by atoms with Gasteiger partial charge in [-0.2, -0.15) is 0 Å². The van der Waals surface area contributed by atoms with Gasteiger partial charge in [0.1, 0.15) is 0 Å². The van der Waals surface area contributed by atoms with E-state index in [-0.39, 0.29) is 5.97 Å². The molecule has 0 aliphatic heterocycles. The Morgan fingerprint density at radius 3 is 1.72 bits per heavy atom. The lowest BCUT2D eigenvalue weighted by Gasteiger charge is -2.30. The van der Waals surface area contributed by atoms with Gasteiger partial charge in [0.15, 0.2) is 11.4 Å². The molecule has 6 heteroatoms. The molecule has 1 aromatic rings. The standard InChI is InChI=1S/C26H50N4O2/c1-5-9-11-13-15-16-18-20-23-26(25(31)32-8-4,22-19-17-14-12-10-6-2)30-28-24(21-7-3)27-29-30/h5-23H2,1-4H3. The van der Waals surface area contributed by atoms with E-state index in [0.29, 0.717) is 6.61 Å². The van der Waals surface area contributed by atoms with Crippen LogP contribution in [-0.2, 0) is 21.5 Å². The summed E-state index contributed by atoms with van der Waals surface area (Å²) < 4.78 is 5.58. The van der Waals surface area contributed by atoms with Crippen LogP contribution < -0.4 is 0 Å². The molecule has 32 heavy (non-hydrogen) atoms. The molecule has 0 radical (unpaired) electrons. The van der Waals surface area contributed by atoms with Crippen molar-refractivity contribution in [2.75, 3.05) is 6.61 Å². The summed E-state index contributed by atoms with van der Waals surface area (Å²) in [5, 5.41) is 13.3. The van der Waals surface area contributed by atoms with Crippen LogP contribution in [-0.4, -0.2) is 32.8 Å². The van der Waals surface area contributed by atoms with Crippen LogP contribution >= 0.6 is 0 Å². The number of hydrogen-bond donors (Lipinski definition) is 0. The Labute approximate surface area is 197 Å². The number of nitrogens with zero attached hydrogens (tertiary/aromatic N) is 4. The zero-order valence-corrected chi connectivity index (χ0v) is 21.5. The average Bonchev–Trinajstić information content (AvgIpc) is 3.26. The number of esters is 1. The van der Waals surface area contributed by atoms with Crippen molar-refractivity contribution in [3.8, 4) is 0 Å². The van der Waals surface area contributed by atoms with Gasteiger partial charge in [-0.3, -0.25) is 0 Å². The fourth-order valence-corrected chi connectivity index (χ4v) is 4.37. The Bertz CT molecular complexity index is 590. The third-order valence-corrected chi connectivity index (χ3v) is 6.35. The lowest BCUT2D eigenvalue weighted by Crippen LogP contribution is -2.45. The van der Waals surface area contributed by atoms with E-state index < -0.39 is 5.54 Å². The molecule has 0 N–H and O–H groups in total. The predicted octanol–water partition coefficient (Wildman–Crippen LogP) is 7.17. The highest BCUT2D eigenvalue weighted by atomic mass is 16.5. The van der Waals surface area contributed by atoms with Gasteiger partial charge in [-0.05, 0) is 31.4 Å². The fourth-order valence-electron chi connectivity index (χ4n) is 4.37. The van der Waals surface area contributed by atoms with Gasteiger partial charge >= 0.3 is 5.97 Å². The Kier molecular flexibility index (Phi) is 16.1. The Morgan fingerprint density at radius 1 is 0.750 bits per heavy atom. The highest BCUT2D eigenvalue weighted by Gasteiger charge is 2.43. The molecule has 1 heterocycles. The van der Waals surface area contributed by atoms with Crippen LogP contribution in [0.3, 0.4) is 0 Å². The smallest absolute Gasteiger partial charge is 0.336 e. The van der Waals surface area contributed by atoms with Crippen LogP contribution in [0.4, 0.5) is 0 Å². The maximum Gasteiger partial charge on any atom is 0.336 e. The van der Waals surface area contributed by atoms with E-state index in [2.05, 4.69) is 36.2 Å². The lowest BCUT2D eigenvalue weighted by atomic mass is 9.86. The second kappa shape index (κ2) is 18.0. The molecular weight excluding hydrogens is 400 g/mol. The van der Waals surface area contributed by atoms with Crippen LogP contribution in [0.5, 0.6) is 0 Å². The first-order chi connectivity index (χ1) is 15.6. The molecule has 0 fully saturated rings. The number of ether oxygens (including phenoxy) is 1. The first-order valence-corrected chi connectivity index (χ1v) is 13.6. The Morgan fingerprint density at radius 2 is 1.25 bits per heavy atom. The minimum Gasteiger partial charge on any atom is -0.464 e. The van der Waals surface area contributed by atoms with E-state index >= 15 is 0 Å². The third-order valence-electron chi connectivity index (χ3n) is 6.35. The van der Waals surface area contributed by atoms with Gasteiger partial charge < -0.3 is 4.74 Å². The summed E-state index contributed by atoms with van der Waals surface area (Å²) in [5.74, 6) is 0.539. The number of tetrazole rings is 1. The molecule has 0 saturated heterocycles. The number of aryl methyl sites for hydroxylation is 1. The number of hydrogen-bond acceptors (Lipinski definition) is 5. The van der Waals surface area contributed by atoms with Gasteiger partial charge in [0.05, 0.1) is 6.61 Å². The van der Waals surface area contributed by atoms with Crippen LogP contribution in [0.15, 0.2) is 0 Å². The molecule has 0 spiro atoms. The fraction of sp³-hybridized carbons (Fsp3) is 0.923. The lowest BCUT2D eigenvalue weighted by molar-refractivity contribution is -0.156. The molecule has 1 rings (SSSR count). The van der Waals surface area contributed by atoms with Crippen molar-refractivity contribution >= 4 is 5.97 Å². The molecule has 0 aliphatic carbocycles. The quantitative estimate of drug-likeness (QED) is 0.147. The number of rotatable bonds is 21. The maximum atomic E-state index is 13.3. The van der Waals surface area contributed by atoms with Crippen LogP contribution in [0, 0.1) is 0 Å². The molecule has 1 unspecified atom stereocenters. The molecular formula is C26H50N4O2. The van der Waals surface area contributed by atoms with Crippen molar-refractivity contribution in [2.24, 2.45) is 0 Å². The SMILES string of the molecule is CCCCCCCCCCC(CCCCCCCC)(C(=O)OCC)n1nnc(CCC)n1.